The number of rotatable bonds is 8. The van der Waals surface area contributed by atoms with E-state index in [0.29, 0.717) is 11.9 Å². The van der Waals surface area contributed by atoms with Gasteiger partial charge in [0, 0.05) is 25.6 Å². The number of likely N-dealkylation sites (tertiary alicyclic amines) is 1. The number of nitrogens with zero attached hydrogens (tertiary/aromatic N) is 1. The number of nitrogens with one attached hydrogen (secondary N) is 1. The van der Waals surface area contributed by atoms with Gasteiger partial charge in [-0.2, -0.15) is 0 Å². The predicted molar refractivity (Wildman–Crippen MR) is 67.4 cm³/mol. The van der Waals surface area contributed by atoms with E-state index < -0.39 is 0 Å². The largest absolute Gasteiger partial charge is 0.341 e. The van der Waals surface area contributed by atoms with Crippen LogP contribution >= 0.6 is 0 Å². The maximum atomic E-state index is 11.4. The van der Waals surface area contributed by atoms with Gasteiger partial charge in [-0.25, -0.2) is 0 Å². The van der Waals surface area contributed by atoms with Crippen molar-refractivity contribution in [2.75, 3.05) is 19.6 Å². The standard InChI is InChI=1S/C13H26N2O/c1-3-4-5-6-9-14-12(2)11-15-10-7-8-13(15)16/h12,14H,3-11H2,1-2H3. The Hall–Kier alpha value is -0.570. The normalized spacial score (nSPS) is 18.1. The fourth-order valence-corrected chi connectivity index (χ4v) is 2.19. The quantitative estimate of drug-likeness (QED) is 0.643. The lowest BCUT2D eigenvalue weighted by molar-refractivity contribution is -0.127. The highest BCUT2D eigenvalue weighted by molar-refractivity contribution is 5.78. The van der Waals surface area contributed by atoms with E-state index in [4.69, 9.17) is 0 Å². The molecule has 0 spiro atoms. The van der Waals surface area contributed by atoms with Gasteiger partial charge in [0.1, 0.15) is 0 Å². The molecule has 1 fully saturated rings. The first-order valence-corrected chi connectivity index (χ1v) is 6.75. The van der Waals surface area contributed by atoms with E-state index in [0.717, 1.165) is 32.5 Å². The summed E-state index contributed by atoms with van der Waals surface area (Å²) >= 11 is 0. The summed E-state index contributed by atoms with van der Waals surface area (Å²) in [5.41, 5.74) is 0. The molecule has 0 saturated carbocycles. The van der Waals surface area contributed by atoms with E-state index in [2.05, 4.69) is 19.2 Å². The van der Waals surface area contributed by atoms with Gasteiger partial charge in [-0.15, -0.1) is 0 Å². The van der Waals surface area contributed by atoms with Crippen LogP contribution < -0.4 is 5.32 Å². The molecule has 0 radical (unpaired) electrons. The van der Waals surface area contributed by atoms with Gasteiger partial charge in [-0.3, -0.25) is 4.79 Å². The second kappa shape index (κ2) is 7.66. The molecule has 0 bridgehead atoms. The van der Waals surface area contributed by atoms with Crippen LogP contribution in [0, 0.1) is 0 Å². The Labute approximate surface area is 99.6 Å². The van der Waals surface area contributed by atoms with Crippen molar-refractivity contribution in [3.63, 3.8) is 0 Å². The minimum atomic E-state index is 0.333. The predicted octanol–water partition coefficient (Wildman–Crippen LogP) is 2.17. The lowest BCUT2D eigenvalue weighted by Crippen LogP contribution is -2.40. The van der Waals surface area contributed by atoms with Crippen molar-refractivity contribution in [2.24, 2.45) is 0 Å². The van der Waals surface area contributed by atoms with E-state index in [1.807, 2.05) is 4.90 Å². The summed E-state index contributed by atoms with van der Waals surface area (Å²) in [7, 11) is 0. The molecule has 0 aliphatic carbocycles. The fraction of sp³-hybridized carbons (Fsp3) is 0.923. The number of hydrogen-bond donors (Lipinski definition) is 1. The average molecular weight is 226 g/mol. The van der Waals surface area contributed by atoms with Gasteiger partial charge in [0.25, 0.3) is 0 Å². The zero-order valence-corrected chi connectivity index (χ0v) is 10.8. The number of hydrogen-bond acceptors (Lipinski definition) is 2. The van der Waals surface area contributed by atoms with Crippen LogP contribution in [0.1, 0.15) is 52.4 Å². The van der Waals surface area contributed by atoms with Crippen molar-refractivity contribution in [3.05, 3.63) is 0 Å². The lowest BCUT2D eigenvalue weighted by atomic mass is 10.2. The molecule has 0 aromatic heterocycles. The average Bonchev–Trinajstić information content (AvgIpc) is 2.64. The van der Waals surface area contributed by atoms with Crippen molar-refractivity contribution in [1.82, 2.24) is 10.2 Å². The SMILES string of the molecule is CCCCCCNC(C)CN1CCCC1=O. The highest BCUT2D eigenvalue weighted by Crippen LogP contribution is 2.09. The molecule has 1 heterocycles. The van der Waals surface area contributed by atoms with Crippen molar-refractivity contribution >= 4 is 5.91 Å². The third kappa shape index (κ3) is 4.97. The number of carbonyl (C=O) groups excluding carboxylic acids is 1. The van der Waals surface area contributed by atoms with Crippen LogP contribution in [0.2, 0.25) is 0 Å². The lowest BCUT2D eigenvalue weighted by Gasteiger charge is -2.21. The Morgan fingerprint density at radius 2 is 2.19 bits per heavy atom. The second-order valence-corrected chi connectivity index (χ2v) is 4.86. The first kappa shape index (κ1) is 13.5. The summed E-state index contributed by atoms with van der Waals surface area (Å²) < 4.78 is 0. The van der Waals surface area contributed by atoms with Crippen molar-refractivity contribution in [1.29, 1.82) is 0 Å². The zero-order chi connectivity index (χ0) is 11.8. The van der Waals surface area contributed by atoms with Crippen LogP contribution in [0.25, 0.3) is 0 Å². The summed E-state index contributed by atoms with van der Waals surface area (Å²) in [5, 5.41) is 3.50. The third-order valence-corrected chi connectivity index (χ3v) is 3.19. The van der Waals surface area contributed by atoms with Crippen molar-refractivity contribution in [2.45, 2.75) is 58.4 Å². The number of amides is 1. The van der Waals surface area contributed by atoms with Gasteiger partial charge in [-0.05, 0) is 26.3 Å². The van der Waals surface area contributed by atoms with E-state index in [-0.39, 0.29) is 0 Å². The number of carbonyl (C=O) groups is 1. The Kier molecular flexibility index (Phi) is 6.46. The van der Waals surface area contributed by atoms with Gasteiger partial charge in [0.15, 0.2) is 0 Å². The van der Waals surface area contributed by atoms with E-state index in [9.17, 15) is 4.79 Å². The Morgan fingerprint density at radius 1 is 1.38 bits per heavy atom. The molecule has 1 aliphatic rings. The molecule has 0 aromatic rings. The van der Waals surface area contributed by atoms with Crippen LogP contribution in [-0.4, -0.2) is 36.5 Å². The summed E-state index contributed by atoms with van der Waals surface area (Å²) in [6.45, 7) is 7.33. The molecular formula is C13H26N2O. The summed E-state index contributed by atoms with van der Waals surface area (Å²) in [5.74, 6) is 0.333. The molecule has 16 heavy (non-hydrogen) atoms. The third-order valence-electron chi connectivity index (χ3n) is 3.19. The fourth-order valence-electron chi connectivity index (χ4n) is 2.19. The maximum absolute atomic E-state index is 11.4. The molecule has 1 rings (SSSR count). The van der Waals surface area contributed by atoms with E-state index >= 15 is 0 Å². The first-order chi connectivity index (χ1) is 7.74. The van der Waals surface area contributed by atoms with Crippen LogP contribution in [0.5, 0.6) is 0 Å². The molecule has 1 amide bonds. The highest BCUT2D eigenvalue weighted by Gasteiger charge is 2.21. The van der Waals surface area contributed by atoms with Crippen LogP contribution in [0.15, 0.2) is 0 Å². The summed E-state index contributed by atoms with van der Waals surface area (Å²) in [6, 6.07) is 0.434. The molecule has 1 N–H and O–H groups in total. The highest BCUT2D eigenvalue weighted by atomic mass is 16.2. The first-order valence-electron chi connectivity index (χ1n) is 6.75. The van der Waals surface area contributed by atoms with Gasteiger partial charge < -0.3 is 10.2 Å². The van der Waals surface area contributed by atoms with E-state index in [1.54, 1.807) is 0 Å². The molecule has 1 unspecified atom stereocenters. The van der Waals surface area contributed by atoms with Crippen LogP contribution in [-0.2, 0) is 4.79 Å². The van der Waals surface area contributed by atoms with Crippen molar-refractivity contribution < 1.29 is 4.79 Å². The maximum Gasteiger partial charge on any atom is 0.222 e. The van der Waals surface area contributed by atoms with Gasteiger partial charge >= 0.3 is 0 Å². The molecule has 94 valence electrons. The van der Waals surface area contributed by atoms with Crippen LogP contribution in [0.4, 0.5) is 0 Å². The molecule has 0 aromatic carbocycles. The van der Waals surface area contributed by atoms with E-state index in [1.165, 1.54) is 25.7 Å². The summed E-state index contributed by atoms with van der Waals surface area (Å²) in [4.78, 5) is 13.4. The Bertz CT molecular complexity index is 206. The van der Waals surface area contributed by atoms with Gasteiger partial charge in [0.2, 0.25) is 5.91 Å². The Balaban J connectivity index is 2.02. The molecule has 1 aliphatic heterocycles. The molecule has 1 saturated heterocycles. The Morgan fingerprint density at radius 3 is 2.81 bits per heavy atom. The smallest absolute Gasteiger partial charge is 0.222 e. The monoisotopic (exact) mass is 226 g/mol. The molecule has 3 nitrogen and oxygen atoms in total. The van der Waals surface area contributed by atoms with Gasteiger partial charge in [0.05, 0.1) is 0 Å². The van der Waals surface area contributed by atoms with Gasteiger partial charge in [-0.1, -0.05) is 26.2 Å². The minimum Gasteiger partial charge on any atom is -0.341 e. The molecule has 3 heteroatoms. The van der Waals surface area contributed by atoms with Crippen LogP contribution in [0.3, 0.4) is 0 Å². The minimum absolute atomic E-state index is 0.333. The summed E-state index contributed by atoms with van der Waals surface area (Å²) in [6.07, 6.45) is 6.99. The zero-order valence-electron chi connectivity index (χ0n) is 10.8. The molecule has 1 atom stereocenters. The topological polar surface area (TPSA) is 32.3 Å². The van der Waals surface area contributed by atoms with Crippen molar-refractivity contribution in [3.8, 4) is 0 Å². The second-order valence-electron chi connectivity index (χ2n) is 4.86. The molecular weight excluding hydrogens is 200 g/mol. The number of unbranched alkanes of at least 4 members (excludes halogenated alkanes) is 3.